The second-order valence-electron chi connectivity index (χ2n) is 11.2. The van der Waals surface area contributed by atoms with Gasteiger partial charge in [0.25, 0.3) is 0 Å². The highest BCUT2D eigenvalue weighted by molar-refractivity contribution is 5.92. The van der Waals surface area contributed by atoms with Crippen molar-refractivity contribution in [2.75, 3.05) is 6.54 Å². The minimum Gasteiger partial charge on any atom is -0.444 e. The van der Waals surface area contributed by atoms with E-state index in [1.54, 1.807) is 25.7 Å². The number of hydrogen-bond donors (Lipinski definition) is 2. The third-order valence-corrected chi connectivity index (χ3v) is 5.08. The van der Waals surface area contributed by atoms with Gasteiger partial charge in [0.05, 0.1) is 0 Å². The maximum atomic E-state index is 13.8. The van der Waals surface area contributed by atoms with Crippen LogP contribution in [0.15, 0.2) is 24.3 Å². The highest BCUT2D eigenvalue weighted by atomic mass is 16.6. The van der Waals surface area contributed by atoms with Gasteiger partial charge in [0.2, 0.25) is 11.8 Å². The van der Waals surface area contributed by atoms with Crippen molar-refractivity contribution in [2.45, 2.75) is 105 Å². The molecule has 0 aliphatic rings. The number of alkyl carbamates (subject to hydrolysis) is 1. The molecule has 0 saturated heterocycles. The van der Waals surface area contributed by atoms with Crippen molar-refractivity contribution < 1.29 is 19.1 Å². The second-order valence-corrected chi connectivity index (χ2v) is 11.2. The molecule has 0 aliphatic carbocycles. The van der Waals surface area contributed by atoms with Gasteiger partial charge in [-0.2, -0.15) is 0 Å². The summed E-state index contributed by atoms with van der Waals surface area (Å²) in [7, 11) is 0. The largest absolute Gasteiger partial charge is 0.444 e. The Balaban J connectivity index is 3.39. The molecule has 0 bridgehead atoms. The number of nitrogens with zero attached hydrogens (tertiary/aromatic N) is 1. The van der Waals surface area contributed by atoms with Gasteiger partial charge >= 0.3 is 6.09 Å². The van der Waals surface area contributed by atoms with Crippen molar-refractivity contribution in [3.8, 4) is 0 Å². The number of likely N-dealkylation sites (N-methyl/N-ethyl adjacent to an activating group) is 1. The SMILES string of the molecule is CCc1ccc(C(C(=O)NC(C)(C)C)N(CC)C(=O)C(CC(C)C)NC(=O)OC(C)(C)C)cc1. The second kappa shape index (κ2) is 12.2. The van der Waals surface area contributed by atoms with Crippen molar-refractivity contribution in [1.29, 1.82) is 0 Å². The van der Waals surface area contributed by atoms with Crippen LogP contribution in [0.25, 0.3) is 0 Å². The molecule has 2 unspecified atom stereocenters. The lowest BCUT2D eigenvalue weighted by molar-refractivity contribution is -0.143. The molecule has 0 heterocycles. The van der Waals surface area contributed by atoms with Gasteiger partial charge in [0.15, 0.2) is 0 Å². The van der Waals surface area contributed by atoms with Crippen molar-refractivity contribution in [3.05, 3.63) is 35.4 Å². The van der Waals surface area contributed by atoms with Crippen molar-refractivity contribution in [3.63, 3.8) is 0 Å². The summed E-state index contributed by atoms with van der Waals surface area (Å²) in [5.41, 5.74) is 0.732. The van der Waals surface area contributed by atoms with E-state index >= 15 is 0 Å². The molecular formula is C27H45N3O4. The Labute approximate surface area is 206 Å². The zero-order chi connectivity index (χ0) is 26.3. The van der Waals surface area contributed by atoms with Gasteiger partial charge < -0.3 is 20.3 Å². The molecule has 1 aromatic rings. The van der Waals surface area contributed by atoms with Crippen LogP contribution in [0.1, 0.15) is 92.8 Å². The fourth-order valence-corrected chi connectivity index (χ4v) is 3.65. The number of nitrogens with one attached hydrogen (secondary N) is 2. The van der Waals surface area contributed by atoms with Crippen LogP contribution in [0.4, 0.5) is 4.79 Å². The van der Waals surface area contributed by atoms with Gasteiger partial charge in [-0.25, -0.2) is 4.79 Å². The van der Waals surface area contributed by atoms with E-state index in [1.165, 1.54) is 0 Å². The van der Waals surface area contributed by atoms with Gasteiger partial charge in [-0.05, 0) is 78.4 Å². The summed E-state index contributed by atoms with van der Waals surface area (Å²) in [5, 5.41) is 5.77. The van der Waals surface area contributed by atoms with E-state index < -0.39 is 29.3 Å². The van der Waals surface area contributed by atoms with Gasteiger partial charge in [-0.3, -0.25) is 9.59 Å². The van der Waals surface area contributed by atoms with Crippen LogP contribution in [0.5, 0.6) is 0 Å². The highest BCUT2D eigenvalue weighted by Crippen LogP contribution is 2.25. The van der Waals surface area contributed by atoms with Gasteiger partial charge in [-0.15, -0.1) is 0 Å². The molecule has 192 valence electrons. The molecule has 7 nitrogen and oxygen atoms in total. The Morgan fingerprint density at radius 1 is 0.971 bits per heavy atom. The number of carbonyl (C=O) groups is 3. The minimum atomic E-state index is -0.822. The standard InChI is InChI=1S/C27H45N3O4/c1-11-19-13-15-20(16-14-19)22(23(31)29-26(5,6)7)30(12-2)24(32)21(17-18(3)4)28-25(33)34-27(8,9)10/h13-16,18,21-22H,11-12,17H2,1-10H3,(H,28,33)(H,29,31). The first-order valence-electron chi connectivity index (χ1n) is 12.3. The van der Waals surface area contributed by atoms with Crippen LogP contribution >= 0.6 is 0 Å². The maximum Gasteiger partial charge on any atom is 0.408 e. The van der Waals surface area contributed by atoms with E-state index in [-0.39, 0.29) is 17.7 Å². The first-order valence-corrected chi connectivity index (χ1v) is 12.3. The quantitative estimate of drug-likeness (QED) is 0.526. The zero-order valence-electron chi connectivity index (χ0n) is 22.7. The Bertz CT molecular complexity index is 820. The topological polar surface area (TPSA) is 87.7 Å². The molecule has 0 saturated carbocycles. The number of hydrogen-bond acceptors (Lipinski definition) is 4. The number of benzene rings is 1. The van der Waals surface area contributed by atoms with Crippen LogP contribution < -0.4 is 10.6 Å². The van der Waals surface area contributed by atoms with E-state index in [2.05, 4.69) is 17.6 Å². The lowest BCUT2D eigenvalue weighted by Gasteiger charge is -2.35. The van der Waals surface area contributed by atoms with Crippen molar-refractivity contribution in [1.82, 2.24) is 15.5 Å². The molecule has 0 radical (unpaired) electrons. The zero-order valence-corrected chi connectivity index (χ0v) is 22.7. The molecule has 0 spiro atoms. The Morgan fingerprint density at radius 2 is 1.53 bits per heavy atom. The van der Waals surface area contributed by atoms with E-state index in [0.717, 1.165) is 17.5 Å². The summed E-state index contributed by atoms with van der Waals surface area (Å²) in [6.07, 6.45) is 0.661. The molecule has 1 aromatic carbocycles. The Morgan fingerprint density at radius 3 is 1.94 bits per heavy atom. The molecule has 2 atom stereocenters. The molecule has 7 heteroatoms. The first kappa shape index (κ1) is 29.5. The normalized spacial score (nSPS) is 13.7. The fraction of sp³-hybridized carbons (Fsp3) is 0.667. The Kier molecular flexibility index (Phi) is 10.6. The van der Waals surface area contributed by atoms with Gasteiger partial charge in [-0.1, -0.05) is 45.0 Å². The summed E-state index contributed by atoms with van der Waals surface area (Å²) in [6.45, 7) is 19.2. The van der Waals surface area contributed by atoms with E-state index in [0.29, 0.717) is 13.0 Å². The molecule has 1 rings (SSSR count). The van der Waals surface area contributed by atoms with E-state index in [4.69, 9.17) is 4.74 Å². The summed E-state index contributed by atoms with van der Waals surface area (Å²) in [5.74, 6) is -0.420. The average Bonchev–Trinajstić information content (AvgIpc) is 2.68. The summed E-state index contributed by atoms with van der Waals surface area (Å²) in [6, 6.07) is 6.14. The summed E-state index contributed by atoms with van der Waals surface area (Å²) < 4.78 is 5.40. The number of rotatable bonds is 9. The lowest BCUT2D eigenvalue weighted by atomic mass is 9.97. The first-order chi connectivity index (χ1) is 15.6. The highest BCUT2D eigenvalue weighted by Gasteiger charge is 2.36. The van der Waals surface area contributed by atoms with Crippen LogP contribution in [-0.2, 0) is 20.7 Å². The maximum absolute atomic E-state index is 13.8. The molecule has 0 fully saturated rings. The molecular weight excluding hydrogens is 430 g/mol. The molecule has 2 N–H and O–H groups in total. The van der Waals surface area contributed by atoms with Gasteiger partial charge in [0, 0.05) is 12.1 Å². The predicted molar refractivity (Wildman–Crippen MR) is 136 cm³/mol. The summed E-state index contributed by atoms with van der Waals surface area (Å²) >= 11 is 0. The smallest absolute Gasteiger partial charge is 0.408 e. The number of ether oxygens (including phenoxy) is 1. The van der Waals surface area contributed by atoms with Crippen LogP contribution in [0.3, 0.4) is 0 Å². The van der Waals surface area contributed by atoms with Crippen molar-refractivity contribution in [2.24, 2.45) is 5.92 Å². The number of carbonyl (C=O) groups excluding carboxylic acids is 3. The molecule has 0 aromatic heterocycles. The third-order valence-electron chi connectivity index (χ3n) is 5.08. The van der Waals surface area contributed by atoms with Crippen molar-refractivity contribution >= 4 is 17.9 Å². The van der Waals surface area contributed by atoms with Crippen LogP contribution in [-0.4, -0.2) is 46.5 Å². The monoisotopic (exact) mass is 475 g/mol. The van der Waals surface area contributed by atoms with E-state index in [9.17, 15) is 14.4 Å². The van der Waals surface area contributed by atoms with Gasteiger partial charge in [0.1, 0.15) is 17.7 Å². The predicted octanol–water partition coefficient (Wildman–Crippen LogP) is 4.99. The van der Waals surface area contributed by atoms with Crippen LogP contribution in [0, 0.1) is 5.92 Å². The fourth-order valence-electron chi connectivity index (χ4n) is 3.65. The third kappa shape index (κ3) is 9.74. The summed E-state index contributed by atoms with van der Waals surface area (Å²) in [4.78, 5) is 41.3. The van der Waals surface area contributed by atoms with E-state index in [1.807, 2.05) is 65.8 Å². The molecule has 3 amide bonds. The van der Waals surface area contributed by atoms with Crippen LogP contribution in [0.2, 0.25) is 0 Å². The lowest BCUT2D eigenvalue weighted by Crippen LogP contribution is -2.54. The molecule has 0 aliphatic heterocycles. The minimum absolute atomic E-state index is 0.147. The molecule has 34 heavy (non-hydrogen) atoms. The average molecular weight is 476 g/mol. The Hall–Kier alpha value is -2.57. The number of amides is 3. The number of aryl methyl sites for hydroxylation is 1.